The monoisotopic (exact) mass is 312 g/mol. The van der Waals surface area contributed by atoms with E-state index in [0.29, 0.717) is 0 Å². The van der Waals surface area contributed by atoms with E-state index >= 15 is 0 Å². The zero-order chi connectivity index (χ0) is 12.8. The number of ketones is 1. The molecule has 1 atom stereocenters. The van der Waals surface area contributed by atoms with Gasteiger partial charge >= 0.3 is 0 Å². The first-order valence-electron chi connectivity index (χ1n) is 5.84. The molecule has 0 fully saturated rings. The predicted octanol–water partition coefficient (Wildman–Crippen LogP) is 4.04. The van der Waals surface area contributed by atoms with Crippen LogP contribution in [-0.4, -0.2) is 14.1 Å². The first kappa shape index (κ1) is 12.8. The van der Waals surface area contributed by atoms with E-state index in [0.717, 1.165) is 27.8 Å². The predicted molar refractivity (Wildman–Crippen MR) is 75.3 cm³/mol. The first-order chi connectivity index (χ1) is 7.79. The lowest BCUT2D eigenvalue weighted by atomic mass is 10.1. The standard InChI is InChI=1S/C13H17BrO2Si/c1-8-7-9-5-6-10(16-17(2,3)4)12(14)11(9)13(8)15/h5-6,8H,7H2,1-4H3. The van der Waals surface area contributed by atoms with Crippen LogP contribution in [0.15, 0.2) is 16.6 Å². The number of benzene rings is 1. The Labute approximate surface area is 112 Å². The summed E-state index contributed by atoms with van der Waals surface area (Å²) in [5.41, 5.74) is 1.96. The molecule has 92 valence electrons. The fourth-order valence-electron chi connectivity index (χ4n) is 2.11. The van der Waals surface area contributed by atoms with Gasteiger partial charge in [0.15, 0.2) is 5.78 Å². The van der Waals surface area contributed by atoms with Gasteiger partial charge in [-0.25, -0.2) is 0 Å². The van der Waals surface area contributed by atoms with Crippen molar-refractivity contribution in [1.29, 1.82) is 0 Å². The molecule has 17 heavy (non-hydrogen) atoms. The largest absolute Gasteiger partial charge is 0.544 e. The molecule has 0 bridgehead atoms. The lowest BCUT2D eigenvalue weighted by Gasteiger charge is -2.21. The molecule has 2 nitrogen and oxygen atoms in total. The maximum atomic E-state index is 12.1. The number of Topliss-reactive ketones (excluding diaryl/α,β-unsaturated/α-hetero) is 1. The molecule has 0 saturated heterocycles. The van der Waals surface area contributed by atoms with Crippen LogP contribution in [0.1, 0.15) is 22.8 Å². The molecular formula is C13H17BrO2Si. The highest BCUT2D eigenvalue weighted by molar-refractivity contribution is 9.10. The van der Waals surface area contributed by atoms with Gasteiger partial charge in [-0.2, -0.15) is 0 Å². The molecule has 0 heterocycles. The summed E-state index contributed by atoms with van der Waals surface area (Å²) in [5, 5.41) is 0. The molecule has 0 spiro atoms. The highest BCUT2D eigenvalue weighted by Gasteiger charge is 2.31. The fraction of sp³-hybridized carbons (Fsp3) is 0.462. The Bertz CT molecular complexity index is 477. The van der Waals surface area contributed by atoms with Gasteiger partial charge in [-0.3, -0.25) is 4.79 Å². The van der Waals surface area contributed by atoms with E-state index in [9.17, 15) is 4.79 Å². The summed E-state index contributed by atoms with van der Waals surface area (Å²) in [6.45, 7) is 8.39. The zero-order valence-electron chi connectivity index (χ0n) is 10.6. The van der Waals surface area contributed by atoms with E-state index in [1.54, 1.807) is 0 Å². The van der Waals surface area contributed by atoms with E-state index in [2.05, 4.69) is 35.6 Å². The lowest BCUT2D eigenvalue weighted by molar-refractivity contribution is 0.0945. The lowest BCUT2D eigenvalue weighted by Crippen LogP contribution is -2.29. The van der Waals surface area contributed by atoms with Crippen molar-refractivity contribution in [2.45, 2.75) is 33.0 Å². The number of hydrogen-bond acceptors (Lipinski definition) is 2. The molecule has 0 radical (unpaired) electrons. The van der Waals surface area contributed by atoms with Crippen LogP contribution in [0.4, 0.5) is 0 Å². The molecule has 0 aromatic heterocycles. The average Bonchev–Trinajstić information content (AvgIpc) is 2.47. The Kier molecular flexibility index (Phi) is 3.21. The van der Waals surface area contributed by atoms with Gasteiger partial charge in [-0.05, 0) is 53.6 Å². The SMILES string of the molecule is CC1Cc2ccc(O[Si](C)(C)C)c(Br)c2C1=O. The van der Waals surface area contributed by atoms with Crippen molar-refractivity contribution < 1.29 is 9.22 Å². The highest BCUT2D eigenvalue weighted by Crippen LogP contribution is 2.38. The Morgan fingerprint density at radius 1 is 1.35 bits per heavy atom. The first-order valence-corrected chi connectivity index (χ1v) is 10.0. The second-order valence-electron chi connectivity index (χ2n) is 5.60. The van der Waals surface area contributed by atoms with E-state index < -0.39 is 8.32 Å². The van der Waals surface area contributed by atoms with Crippen molar-refractivity contribution >= 4 is 30.0 Å². The van der Waals surface area contributed by atoms with E-state index in [-0.39, 0.29) is 11.7 Å². The Balaban J connectivity index is 2.44. The van der Waals surface area contributed by atoms with Gasteiger partial charge in [0.1, 0.15) is 5.75 Å². The summed E-state index contributed by atoms with van der Waals surface area (Å²) in [4.78, 5) is 12.1. The fourth-order valence-corrected chi connectivity index (χ4v) is 3.75. The van der Waals surface area contributed by atoms with Crippen molar-refractivity contribution in [2.24, 2.45) is 5.92 Å². The zero-order valence-corrected chi connectivity index (χ0v) is 13.2. The molecule has 1 unspecified atom stereocenters. The van der Waals surface area contributed by atoms with Crippen molar-refractivity contribution in [2.75, 3.05) is 0 Å². The van der Waals surface area contributed by atoms with Crippen molar-refractivity contribution in [1.82, 2.24) is 0 Å². The second-order valence-corrected chi connectivity index (χ2v) is 10.8. The third kappa shape index (κ3) is 2.47. The van der Waals surface area contributed by atoms with Crippen LogP contribution in [0.2, 0.25) is 19.6 Å². The molecule has 4 heteroatoms. The molecular weight excluding hydrogens is 296 g/mol. The Hall–Kier alpha value is -0.613. The van der Waals surface area contributed by atoms with Crippen LogP contribution in [0.25, 0.3) is 0 Å². The summed E-state index contributed by atoms with van der Waals surface area (Å²) in [6.07, 6.45) is 0.847. The second kappa shape index (κ2) is 4.25. The third-order valence-electron chi connectivity index (χ3n) is 2.83. The molecule has 0 aliphatic heterocycles. The third-order valence-corrected chi connectivity index (χ3v) is 4.45. The number of hydrogen-bond donors (Lipinski definition) is 0. The molecule has 0 saturated carbocycles. The normalized spacial score (nSPS) is 19.4. The number of rotatable bonds is 2. The smallest absolute Gasteiger partial charge is 0.242 e. The van der Waals surface area contributed by atoms with Gasteiger partial charge in [-0.1, -0.05) is 13.0 Å². The molecule has 1 aliphatic carbocycles. The average molecular weight is 313 g/mol. The molecule has 1 aromatic carbocycles. The van der Waals surface area contributed by atoms with E-state index in [1.165, 1.54) is 0 Å². The molecule has 1 aliphatic rings. The summed E-state index contributed by atoms with van der Waals surface area (Å²) in [6, 6.07) is 4.00. The molecule has 0 amide bonds. The van der Waals surface area contributed by atoms with Crippen LogP contribution in [0.5, 0.6) is 5.75 Å². The number of carbonyl (C=O) groups is 1. The highest BCUT2D eigenvalue weighted by atomic mass is 79.9. The Morgan fingerprint density at radius 3 is 2.59 bits per heavy atom. The summed E-state index contributed by atoms with van der Waals surface area (Å²) >= 11 is 3.53. The number of halogens is 1. The van der Waals surface area contributed by atoms with Gasteiger partial charge in [0, 0.05) is 11.5 Å². The summed E-state index contributed by atoms with van der Waals surface area (Å²) in [7, 11) is -1.64. The van der Waals surface area contributed by atoms with Crippen LogP contribution < -0.4 is 4.43 Å². The molecule has 2 rings (SSSR count). The number of carbonyl (C=O) groups excluding carboxylic acids is 1. The van der Waals surface area contributed by atoms with Gasteiger partial charge < -0.3 is 4.43 Å². The van der Waals surface area contributed by atoms with Crippen LogP contribution >= 0.6 is 15.9 Å². The minimum absolute atomic E-state index is 0.100. The maximum absolute atomic E-state index is 12.1. The molecule has 1 aromatic rings. The van der Waals surface area contributed by atoms with Crippen LogP contribution in [-0.2, 0) is 6.42 Å². The Morgan fingerprint density at radius 2 is 2.00 bits per heavy atom. The van der Waals surface area contributed by atoms with Crippen molar-refractivity contribution in [3.8, 4) is 5.75 Å². The quantitative estimate of drug-likeness (QED) is 0.770. The summed E-state index contributed by atoms with van der Waals surface area (Å²) in [5.74, 6) is 1.14. The van der Waals surface area contributed by atoms with Crippen molar-refractivity contribution in [3.05, 3.63) is 27.7 Å². The van der Waals surface area contributed by atoms with Gasteiger partial charge in [-0.15, -0.1) is 0 Å². The minimum Gasteiger partial charge on any atom is -0.544 e. The van der Waals surface area contributed by atoms with Gasteiger partial charge in [0.2, 0.25) is 8.32 Å². The summed E-state index contributed by atoms with van der Waals surface area (Å²) < 4.78 is 6.82. The van der Waals surface area contributed by atoms with E-state index in [1.807, 2.05) is 19.1 Å². The molecule has 0 N–H and O–H groups in total. The van der Waals surface area contributed by atoms with Gasteiger partial charge in [0.05, 0.1) is 4.47 Å². The van der Waals surface area contributed by atoms with Crippen LogP contribution in [0, 0.1) is 5.92 Å². The number of fused-ring (bicyclic) bond motifs is 1. The van der Waals surface area contributed by atoms with Crippen LogP contribution in [0.3, 0.4) is 0 Å². The van der Waals surface area contributed by atoms with Gasteiger partial charge in [0.25, 0.3) is 0 Å². The minimum atomic E-state index is -1.64. The topological polar surface area (TPSA) is 26.3 Å². The maximum Gasteiger partial charge on any atom is 0.242 e. The van der Waals surface area contributed by atoms with E-state index in [4.69, 9.17) is 4.43 Å². The van der Waals surface area contributed by atoms with Crippen molar-refractivity contribution in [3.63, 3.8) is 0 Å².